The van der Waals surface area contributed by atoms with E-state index in [0.717, 1.165) is 56.6 Å². The molecule has 1 atom stereocenters. The predicted octanol–water partition coefficient (Wildman–Crippen LogP) is 7.99. The number of carbonyl (C=O) groups excluding carboxylic acids is 1. The number of rotatable bonds is 8. The van der Waals surface area contributed by atoms with Crippen LogP contribution in [-0.4, -0.2) is 12.4 Å². The summed E-state index contributed by atoms with van der Waals surface area (Å²) in [7, 11) is 0. The first-order valence-corrected chi connectivity index (χ1v) is 12.3. The van der Waals surface area contributed by atoms with Crippen LogP contribution in [0.5, 0.6) is 5.75 Å². The minimum Gasteiger partial charge on any atom is -0.482 e. The zero-order valence-corrected chi connectivity index (χ0v) is 21.0. The van der Waals surface area contributed by atoms with Crippen molar-refractivity contribution in [2.75, 3.05) is 0 Å². The molecule has 0 saturated carbocycles. The Morgan fingerprint density at radius 3 is 2.58 bits per heavy atom. The van der Waals surface area contributed by atoms with Gasteiger partial charge in [0.25, 0.3) is 0 Å². The molecule has 0 radical (unpaired) electrons. The summed E-state index contributed by atoms with van der Waals surface area (Å²) in [6.45, 7) is 10.2. The lowest BCUT2D eigenvalue weighted by molar-refractivity contribution is -0.113. The smallest absolute Gasteiger partial charge is 0.161 e. The molecule has 0 N–H and O–H groups in total. The molecule has 3 aromatic carbocycles. The molecule has 1 aromatic heterocycles. The zero-order valence-electron chi connectivity index (χ0n) is 21.0. The molecule has 0 saturated heterocycles. The highest BCUT2D eigenvalue weighted by Crippen LogP contribution is 2.50. The number of ether oxygens (including phenoxy) is 1. The van der Waals surface area contributed by atoms with Gasteiger partial charge in [0.1, 0.15) is 17.3 Å². The highest BCUT2D eigenvalue weighted by atomic mass is 16.5. The molecule has 4 aromatic rings. The Morgan fingerprint density at radius 1 is 1.00 bits per heavy atom. The van der Waals surface area contributed by atoms with E-state index in [-0.39, 0.29) is 5.41 Å². The number of hydrogen-bond donors (Lipinski definition) is 0. The number of benzene rings is 3. The fraction of sp³-hybridized carbons (Fsp3) is 0.182. The van der Waals surface area contributed by atoms with Gasteiger partial charge in [0.2, 0.25) is 0 Å². The fourth-order valence-electron chi connectivity index (χ4n) is 5.11. The van der Waals surface area contributed by atoms with Crippen molar-refractivity contribution in [3.05, 3.63) is 120 Å². The summed E-state index contributed by atoms with van der Waals surface area (Å²) in [6, 6.07) is 20.6. The van der Waals surface area contributed by atoms with E-state index >= 15 is 0 Å². The summed E-state index contributed by atoms with van der Waals surface area (Å²) >= 11 is 0. The third-order valence-electron chi connectivity index (χ3n) is 6.97. The van der Waals surface area contributed by atoms with Crippen LogP contribution in [-0.2, 0) is 16.6 Å². The van der Waals surface area contributed by atoms with Gasteiger partial charge in [0, 0.05) is 28.3 Å². The second kappa shape index (κ2) is 9.50. The van der Waals surface area contributed by atoms with Crippen LogP contribution in [0.3, 0.4) is 0 Å². The van der Waals surface area contributed by atoms with Crippen molar-refractivity contribution in [2.24, 2.45) is 0 Å². The van der Waals surface area contributed by atoms with Crippen molar-refractivity contribution in [1.29, 1.82) is 0 Å². The average molecular weight is 475 g/mol. The van der Waals surface area contributed by atoms with Crippen LogP contribution in [0, 0.1) is 6.92 Å². The Hall–Kier alpha value is -4.11. The molecule has 1 aliphatic rings. The largest absolute Gasteiger partial charge is 0.482 e. The molecule has 1 aliphatic carbocycles. The first kappa shape index (κ1) is 23.6. The molecular weight excluding hydrogens is 444 g/mol. The van der Waals surface area contributed by atoms with Crippen molar-refractivity contribution in [1.82, 2.24) is 0 Å². The van der Waals surface area contributed by atoms with Crippen LogP contribution in [0.4, 0.5) is 0 Å². The van der Waals surface area contributed by atoms with Crippen molar-refractivity contribution in [3.8, 4) is 17.1 Å². The maximum absolute atomic E-state index is 12.0. The summed E-state index contributed by atoms with van der Waals surface area (Å²) in [5.41, 5.74) is 5.55. The first-order chi connectivity index (χ1) is 17.4. The summed E-state index contributed by atoms with van der Waals surface area (Å²) in [6.07, 6.45) is 10.3. The van der Waals surface area contributed by atoms with Gasteiger partial charge in [-0.2, -0.15) is 0 Å². The Bertz CT molecular complexity index is 1510. The van der Waals surface area contributed by atoms with Gasteiger partial charge in [0.05, 0.1) is 0 Å². The molecule has 0 spiro atoms. The summed E-state index contributed by atoms with van der Waals surface area (Å²) in [4.78, 5) is 12.0. The van der Waals surface area contributed by atoms with Crippen LogP contribution < -0.4 is 4.74 Å². The van der Waals surface area contributed by atoms with E-state index in [0.29, 0.717) is 6.42 Å². The fourth-order valence-corrected chi connectivity index (χ4v) is 5.11. The van der Waals surface area contributed by atoms with Gasteiger partial charge in [-0.1, -0.05) is 99.3 Å². The monoisotopic (exact) mass is 474 g/mol. The maximum atomic E-state index is 12.0. The minimum atomic E-state index is -0.639. The number of aldehydes is 1. The third kappa shape index (κ3) is 4.22. The Labute approximate surface area is 212 Å². The quantitative estimate of drug-likeness (QED) is 0.192. The SMILES string of the molecule is C=C/C=C\C=C/c1ccc2c(c1)C(C)(C)c1cc(CC(C=O)Oc3cccc4cccc(C)c34)oc1-2. The highest BCUT2D eigenvalue weighted by molar-refractivity contribution is 5.91. The molecule has 3 nitrogen and oxygen atoms in total. The van der Waals surface area contributed by atoms with Gasteiger partial charge in [0.15, 0.2) is 12.4 Å². The summed E-state index contributed by atoms with van der Waals surface area (Å²) in [5, 5.41) is 2.13. The van der Waals surface area contributed by atoms with E-state index in [1.54, 1.807) is 6.08 Å². The van der Waals surface area contributed by atoms with Gasteiger partial charge < -0.3 is 9.15 Å². The normalized spacial score (nSPS) is 14.8. The molecule has 0 amide bonds. The molecule has 1 heterocycles. The van der Waals surface area contributed by atoms with Crippen molar-refractivity contribution in [3.63, 3.8) is 0 Å². The lowest BCUT2D eigenvalue weighted by Crippen LogP contribution is -2.21. The Kier molecular flexibility index (Phi) is 6.24. The molecule has 3 heteroatoms. The number of furan rings is 1. The van der Waals surface area contributed by atoms with Crippen molar-refractivity contribution >= 4 is 23.1 Å². The molecule has 36 heavy (non-hydrogen) atoms. The molecule has 1 unspecified atom stereocenters. The van der Waals surface area contributed by atoms with Crippen LogP contribution in [0.2, 0.25) is 0 Å². The zero-order chi connectivity index (χ0) is 25.3. The number of aryl methyl sites for hydroxylation is 1. The van der Waals surface area contributed by atoms with E-state index in [4.69, 9.17) is 9.15 Å². The lowest BCUT2D eigenvalue weighted by Gasteiger charge is -2.20. The van der Waals surface area contributed by atoms with Gasteiger partial charge in [-0.05, 0) is 41.1 Å². The summed E-state index contributed by atoms with van der Waals surface area (Å²) < 4.78 is 12.6. The van der Waals surface area contributed by atoms with Crippen molar-refractivity contribution < 1.29 is 13.9 Å². The molecular formula is C33H30O3. The second-order valence-corrected chi connectivity index (χ2v) is 9.79. The van der Waals surface area contributed by atoms with E-state index in [1.807, 2.05) is 36.4 Å². The predicted molar refractivity (Wildman–Crippen MR) is 148 cm³/mol. The Morgan fingerprint density at radius 2 is 1.81 bits per heavy atom. The van der Waals surface area contributed by atoms with Gasteiger partial charge in [-0.15, -0.1) is 0 Å². The van der Waals surface area contributed by atoms with E-state index in [2.05, 4.69) is 75.9 Å². The molecule has 0 fully saturated rings. The van der Waals surface area contributed by atoms with Gasteiger partial charge in [-0.3, -0.25) is 4.79 Å². The lowest BCUT2D eigenvalue weighted by atomic mass is 9.82. The van der Waals surface area contributed by atoms with Gasteiger partial charge >= 0.3 is 0 Å². The number of hydrogen-bond acceptors (Lipinski definition) is 3. The van der Waals surface area contributed by atoms with Crippen LogP contribution in [0.1, 0.15) is 41.9 Å². The standard InChI is InChI=1S/C33H30O3/c1-5-6-7-8-12-23-16-17-27-28(18-23)33(3,4)29-20-25(36-32(27)29)19-26(21-34)35-30-15-10-14-24-13-9-11-22(2)31(24)30/h5-18,20-21,26H,1,19H2,2-4H3/b7-6-,12-8-. The molecule has 5 rings (SSSR count). The van der Waals surface area contributed by atoms with Crippen molar-refractivity contribution in [2.45, 2.75) is 38.7 Å². The molecule has 180 valence electrons. The molecule has 0 bridgehead atoms. The summed E-state index contributed by atoms with van der Waals surface area (Å²) in [5.74, 6) is 2.36. The van der Waals surface area contributed by atoms with E-state index in [9.17, 15) is 4.79 Å². The molecule has 0 aliphatic heterocycles. The average Bonchev–Trinajstić information content (AvgIpc) is 3.38. The van der Waals surface area contributed by atoms with Crippen LogP contribution in [0.15, 0.2) is 96.0 Å². The van der Waals surface area contributed by atoms with Crippen LogP contribution >= 0.6 is 0 Å². The first-order valence-electron chi connectivity index (χ1n) is 12.3. The minimum absolute atomic E-state index is 0.197. The van der Waals surface area contributed by atoms with Gasteiger partial charge in [-0.25, -0.2) is 0 Å². The van der Waals surface area contributed by atoms with E-state index in [1.165, 1.54) is 5.56 Å². The van der Waals surface area contributed by atoms with E-state index < -0.39 is 6.10 Å². The second-order valence-electron chi connectivity index (χ2n) is 9.79. The maximum Gasteiger partial charge on any atom is 0.161 e. The Balaban J connectivity index is 1.41. The number of carbonyl (C=O) groups is 1. The topological polar surface area (TPSA) is 39.4 Å². The third-order valence-corrected chi connectivity index (χ3v) is 6.97. The number of allylic oxidation sites excluding steroid dienone is 4. The number of fused-ring (bicyclic) bond motifs is 4. The highest BCUT2D eigenvalue weighted by Gasteiger charge is 2.39. The van der Waals surface area contributed by atoms with Crippen LogP contribution in [0.25, 0.3) is 28.2 Å².